The Bertz CT molecular complexity index is 409. The van der Waals surface area contributed by atoms with Crippen LogP contribution < -0.4 is 0 Å². The SMILES string of the molecule is CCOCCN1C=CN(C)C1OC(=O)CCOCCOCCOCCOC. The number of carbonyl (C=O) groups is 1. The molecule has 0 bridgehead atoms. The third-order valence-corrected chi connectivity index (χ3v) is 3.69. The molecule has 0 saturated carbocycles. The summed E-state index contributed by atoms with van der Waals surface area (Å²) in [5.74, 6) is -0.301. The van der Waals surface area contributed by atoms with Gasteiger partial charge in [0.15, 0.2) is 0 Å². The molecule has 1 rings (SSSR count). The van der Waals surface area contributed by atoms with Crippen molar-refractivity contribution in [2.75, 3.05) is 80.2 Å². The minimum Gasteiger partial charge on any atom is -0.422 e. The summed E-state index contributed by atoms with van der Waals surface area (Å²) in [6, 6.07) is 0. The van der Waals surface area contributed by atoms with Crippen molar-refractivity contribution < 1.29 is 33.2 Å². The molecule has 0 aromatic carbocycles. The monoisotopic (exact) mass is 390 g/mol. The first-order chi connectivity index (χ1) is 13.2. The maximum Gasteiger partial charge on any atom is 0.311 e. The maximum atomic E-state index is 12.0. The van der Waals surface area contributed by atoms with Crippen molar-refractivity contribution in [2.24, 2.45) is 0 Å². The molecule has 1 heterocycles. The van der Waals surface area contributed by atoms with Crippen LogP contribution >= 0.6 is 0 Å². The van der Waals surface area contributed by atoms with Crippen LogP contribution in [0, 0.1) is 0 Å². The minimum atomic E-state index is -0.431. The van der Waals surface area contributed by atoms with E-state index in [9.17, 15) is 4.79 Å². The molecule has 1 aliphatic rings. The van der Waals surface area contributed by atoms with Crippen LogP contribution in [0.25, 0.3) is 0 Å². The largest absolute Gasteiger partial charge is 0.422 e. The number of rotatable bonds is 17. The quantitative estimate of drug-likeness (QED) is 0.263. The third-order valence-electron chi connectivity index (χ3n) is 3.69. The smallest absolute Gasteiger partial charge is 0.311 e. The lowest BCUT2D eigenvalue weighted by atomic mass is 10.4. The molecule has 0 aromatic rings. The van der Waals surface area contributed by atoms with E-state index in [2.05, 4.69) is 0 Å². The standard InChI is InChI=1S/C18H34N2O7/c1-4-23-10-8-20-7-6-19(2)18(20)27-17(21)5-9-24-13-14-26-16-15-25-12-11-22-3/h6-7,18H,4-5,8-16H2,1-3H3. The van der Waals surface area contributed by atoms with E-state index in [1.54, 1.807) is 7.11 Å². The second-order valence-electron chi connectivity index (χ2n) is 5.79. The number of esters is 1. The van der Waals surface area contributed by atoms with Crippen LogP contribution in [0.4, 0.5) is 0 Å². The second kappa shape index (κ2) is 15.6. The molecule has 27 heavy (non-hydrogen) atoms. The van der Waals surface area contributed by atoms with E-state index in [1.165, 1.54) is 0 Å². The predicted octanol–water partition coefficient (Wildman–Crippen LogP) is 0.655. The van der Waals surface area contributed by atoms with Crippen LogP contribution in [0.15, 0.2) is 12.4 Å². The van der Waals surface area contributed by atoms with E-state index in [0.717, 1.165) is 0 Å². The Kier molecular flexibility index (Phi) is 13.7. The van der Waals surface area contributed by atoms with Gasteiger partial charge in [0.2, 0.25) is 0 Å². The summed E-state index contributed by atoms with van der Waals surface area (Å²) < 4.78 is 31.8. The zero-order valence-corrected chi connectivity index (χ0v) is 16.8. The zero-order chi connectivity index (χ0) is 19.7. The Morgan fingerprint density at radius 3 is 2.15 bits per heavy atom. The minimum absolute atomic E-state index is 0.198. The summed E-state index contributed by atoms with van der Waals surface area (Å²) in [4.78, 5) is 15.8. The van der Waals surface area contributed by atoms with Crippen molar-refractivity contribution in [2.45, 2.75) is 19.7 Å². The van der Waals surface area contributed by atoms with Gasteiger partial charge in [0, 0.05) is 39.7 Å². The lowest BCUT2D eigenvalue weighted by Crippen LogP contribution is -2.42. The fourth-order valence-electron chi connectivity index (χ4n) is 2.24. The highest BCUT2D eigenvalue weighted by molar-refractivity contribution is 5.69. The number of carbonyl (C=O) groups excluding carboxylic acids is 1. The Morgan fingerprint density at radius 2 is 1.52 bits per heavy atom. The van der Waals surface area contributed by atoms with Gasteiger partial charge in [-0.05, 0) is 6.92 Å². The number of methoxy groups -OCH3 is 1. The number of nitrogens with zero attached hydrogens (tertiary/aromatic N) is 2. The van der Waals surface area contributed by atoms with Crippen LogP contribution in [0.1, 0.15) is 13.3 Å². The maximum absolute atomic E-state index is 12.0. The van der Waals surface area contributed by atoms with Gasteiger partial charge >= 0.3 is 5.97 Å². The van der Waals surface area contributed by atoms with Gasteiger partial charge in [-0.25, -0.2) is 0 Å². The van der Waals surface area contributed by atoms with Gasteiger partial charge in [-0.15, -0.1) is 0 Å². The van der Waals surface area contributed by atoms with E-state index in [1.807, 2.05) is 36.2 Å². The summed E-state index contributed by atoms with van der Waals surface area (Å²) in [6.07, 6.45) is 3.53. The average Bonchev–Trinajstić information content (AvgIpc) is 3.00. The zero-order valence-electron chi connectivity index (χ0n) is 16.8. The van der Waals surface area contributed by atoms with Gasteiger partial charge in [-0.2, -0.15) is 0 Å². The normalized spacial score (nSPS) is 16.3. The van der Waals surface area contributed by atoms with Crippen LogP contribution in [0.2, 0.25) is 0 Å². The van der Waals surface area contributed by atoms with Gasteiger partial charge in [-0.3, -0.25) is 4.79 Å². The number of hydrogen-bond donors (Lipinski definition) is 0. The summed E-state index contributed by atoms with van der Waals surface area (Å²) in [6.45, 7) is 7.23. The van der Waals surface area contributed by atoms with Crippen molar-refractivity contribution in [3.63, 3.8) is 0 Å². The molecule has 0 saturated heterocycles. The first-order valence-corrected chi connectivity index (χ1v) is 9.34. The van der Waals surface area contributed by atoms with Crippen molar-refractivity contribution in [1.82, 2.24) is 9.80 Å². The fraction of sp³-hybridized carbons (Fsp3) is 0.833. The van der Waals surface area contributed by atoms with Crippen LogP contribution in [-0.2, 0) is 33.2 Å². The summed E-state index contributed by atoms with van der Waals surface area (Å²) in [7, 11) is 3.50. The molecular formula is C18H34N2O7. The highest BCUT2D eigenvalue weighted by Crippen LogP contribution is 2.15. The van der Waals surface area contributed by atoms with Crippen molar-refractivity contribution in [3.05, 3.63) is 12.4 Å². The van der Waals surface area contributed by atoms with Gasteiger partial charge in [0.25, 0.3) is 6.35 Å². The van der Waals surface area contributed by atoms with Crippen molar-refractivity contribution >= 4 is 5.97 Å². The molecule has 9 heteroatoms. The van der Waals surface area contributed by atoms with E-state index < -0.39 is 6.35 Å². The van der Waals surface area contributed by atoms with Gasteiger partial charge in [0.1, 0.15) is 0 Å². The van der Waals surface area contributed by atoms with Crippen molar-refractivity contribution in [1.29, 1.82) is 0 Å². The molecule has 9 nitrogen and oxygen atoms in total. The van der Waals surface area contributed by atoms with Crippen LogP contribution in [0.5, 0.6) is 0 Å². The van der Waals surface area contributed by atoms with Gasteiger partial charge in [0.05, 0.1) is 59.3 Å². The molecule has 1 unspecified atom stereocenters. The molecule has 1 atom stereocenters. The molecule has 0 amide bonds. The highest BCUT2D eigenvalue weighted by Gasteiger charge is 2.26. The van der Waals surface area contributed by atoms with E-state index in [4.69, 9.17) is 28.4 Å². The van der Waals surface area contributed by atoms with Crippen LogP contribution in [0.3, 0.4) is 0 Å². The first-order valence-electron chi connectivity index (χ1n) is 9.34. The molecule has 1 aliphatic heterocycles. The topological polar surface area (TPSA) is 78.9 Å². The lowest BCUT2D eigenvalue weighted by Gasteiger charge is -2.29. The number of hydrogen-bond acceptors (Lipinski definition) is 9. The summed E-state index contributed by atoms with van der Waals surface area (Å²) in [5.41, 5.74) is 0. The van der Waals surface area contributed by atoms with E-state index >= 15 is 0 Å². The molecule has 0 spiro atoms. The predicted molar refractivity (Wildman–Crippen MR) is 98.9 cm³/mol. The third kappa shape index (κ3) is 11.1. The molecule has 0 N–H and O–H groups in total. The average molecular weight is 390 g/mol. The highest BCUT2D eigenvalue weighted by atomic mass is 16.6. The Hall–Kier alpha value is -1.39. The summed E-state index contributed by atoms with van der Waals surface area (Å²) in [5, 5.41) is 0. The van der Waals surface area contributed by atoms with Crippen LogP contribution in [-0.4, -0.2) is 102 Å². The van der Waals surface area contributed by atoms with Crippen molar-refractivity contribution in [3.8, 4) is 0 Å². The Balaban J connectivity index is 2.01. The van der Waals surface area contributed by atoms with Gasteiger partial charge in [-0.1, -0.05) is 0 Å². The molecule has 0 aromatic heterocycles. The lowest BCUT2D eigenvalue weighted by molar-refractivity contribution is -0.169. The molecule has 0 radical (unpaired) electrons. The van der Waals surface area contributed by atoms with E-state index in [0.29, 0.717) is 66.0 Å². The molecule has 0 fully saturated rings. The Labute approximate surface area is 162 Å². The second-order valence-corrected chi connectivity index (χ2v) is 5.79. The molecular weight excluding hydrogens is 356 g/mol. The van der Waals surface area contributed by atoms with Gasteiger partial charge < -0.3 is 38.2 Å². The number of ether oxygens (including phenoxy) is 6. The first kappa shape index (κ1) is 23.6. The Morgan fingerprint density at radius 1 is 0.889 bits per heavy atom. The molecule has 0 aliphatic carbocycles. The van der Waals surface area contributed by atoms with E-state index in [-0.39, 0.29) is 12.4 Å². The fourth-order valence-corrected chi connectivity index (χ4v) is 2.24. The molecule has 158 valence electrons. The summed E-state index contributed by atoms with van der Waals surface area (Å²) >= 11 is 0.